The van der Waals surface area contributed by atoms with Gasteiger partial charge >= 0.3 is 5.97 Å². The van der Waals surface area contributed by atoms with Crippen LogP contribution in [0.3, 0.4) is 0 Å². The van der Waals surface area contributed by atoms with Crippen LogP contribution < -0.4 is 5.59 Å². The summed E-state index contributed by atoms with van der Waals surface area (Å²) in [7, 11) is 3.11. The molecular weight excluding hydrogens is 281 g/mol. The summed E-state index contributed by atoms with van der Waals surface area (Å²) in [6.45, 7) is 1.67. The Morgan fingerprint density at radius 1 is 1.50 bits per heavy atom. The Balaban J connectivity index is 2.81. The van der Waals surface area contributed by atoms with Gasteiger partial charge < -0.3 is 4.74 Å². The van der Waals surface area contributed by atoms with Crippen molar-refractivity contribution in [2.24, 2.45) is 0 Å². The summed E-state index contributed by atoms with van der Waals surface area (Å²) >= 11 is 0. The van der Waals surface area contributed by atoms with Crippen LogP contribution in [0.5, 0.6) is 0 Å². The third-order valence-electron chi connectivity index (χ3n) is 2.77. The molecule has 1 atom stereocenters. The maximum atomic E-state index is 11.9. The number of carbonyl (C=O) groups is 1. The molecule has 0 N–H and O–H groups in total. The summed E-state index contributed by atoms with van der Waals surface area (Å²) in [5.41, 5.74) is 1.18. The Morgan fingerprint density at radius 3 is 2.70 bits per heavy atom. The number of hydrogen-bond acceptors (Lipinski definition) is 6. The second kappa shape index (κ2) is 4.90. The summed E-state index contributed by atoms with van der Waals surface area (Å²) in [5, 5.41) is 2.67. The lowest BCUT2D eigenvalue weighted by Gasteiger charge is -2.14. The lowest BCUT2D eigenvalue weighted by molar-refractivity contribution is -0.140. The van der Waals surface area contributed by atoms with E-state index in [0.29, 0.717) is 5.69 Å². The number of sulfone groups is 1. The molecule has 0 aliphatic rings. The van der Waals surface area contributed by atoms with Gasteiger partial charge in [-0.05, 0) is 13.0 Å². The van der Waals surface area contributed by atoms with Crippen molar-refractivity contribution in [3.63, 3.8) is 0 Å². The molecule has 0 aliphatic carbocycles. The van der Waals surface area contributed by atoms with E-state index in [9.17, 15) is 13.2 Å². The monoisotopic (exact) mass is 293 g/mol. The Labute approximate surface area is 117 Å². The number of esters is 1. The Hall–Kier alpha value is -1.90. The molecule has 0 saturated carbocycles. The van der Waals surface area contributed by atoms with Gasteiger partial charge in [0.25, 0.3) is 0 Å². The zero-order valence-corrected chi connectivity index (χ0v) is 12.0. The van der Waals surface area contributed by atoms with Crippen molar-refractivity contribution in [1.82, 2.24) is 14.6 Å². The van der Waals surface area contributed by atoms with Crippen molar-refractivity contribution in [2.75, 3.05) is 13.4 Å². The first-order chi connectivity index (χ1) is 9.25. The first kappa shape index (κ1) is 14.5. The highest BCUT2D eigenvalue weighted by Gasteiger charge is 2.34. The molecule has 2 heterocycles. The molecule has 0 spiro atoms. The molecule has 0 fully saturated rings. The van der Waals surface area contributed by atoms with E-state index in [-0.39, 0.29) is 16.8 Å². The van der Waals surface area contributed by atoms with Crippen LogP contribution in [0.25, 0.3) is 5.65 Å². The van der Waals surface area contributed by atoms with Crippen LogP contribution in [-0.4, -0.2) is 50.2 Å². The van der Waals surface area contributed by atoms with Gasteiger partial charge in [0.15, 0.2) is 20.7 Å². The second-order valence-electron chi connectivity index (χ2n) is 4.39. The number of hydrogen-bond donors (Lipinski definition) is 0. The number of imidazole rings is 1. The SMILES string of the molecule is [B]c1cnc2c(C(C(=O)OC)S(C)(=O)=O)cc(C)nn12. The minimum atomic E-state index is -3.72. The molecule has 104 valence electrons. The molecule has 2 aromatic heterocycles. The average Bonchev–Trinajstić information content (AvgIpc) is 2.69. The summed E-state index contributed by atoms with van der Waals surface area (Å²) in [6.07, 6.45) is 2.31. The fraction of sp³-hybridized carbons (Fsp3) is 0.364. The Kier molecular flexibility index (Phi) is 3.55. The predicted octanol–water partition coefficient (Wildman–Crippen LogP) is -0.910. The van der Waals surface area contributed by atoms with E-state index in [2.05, 4.69) is 14.8 Å². The number of aromatic nitrogens is 3. The van der Waals surface area contributed by atoms with Gasteiger partial charge in [-0.1, -0.05) is 0 Å². The minimum Gasteiger partial charge on any atom is -0.468 e. The summed E-state index contributed by atoms with van der Waals surface area (Å²) in [5.74, 6) is -0.874. The number of fused-ring (bicyclic) bond motifs is 1. The molecular formula is C11H12BN3O4S. The van der Waals surface area contributed by atoms with E-state index < -0.39 is 21.1 Å². The zero-order chi connectivity index (χ0) is 15.1. The summed E-state index contributed by atoms with van der Waals surface area (Å²) in [6, 6.07) is 1.49. The van der Waals surface area contributed by atoms with Crippen molar-refractivity contribution in [2.45, 2.75) is 12.2 Å². The molecule has 20 heavy (non-hydrogen) atoms. The molecule has 2 radical (unpaired) electrons. The topological polar surface area (TPSA) is 90.6 Å². The molecule has 2 rings (SSSR count). The van der Waals surface area contributed by atoms with Crippen molar-refractivity contribution >= 4 is 34.9 Å². The maximum Gasteiger partial charge on any atom is 0.328 e. The van der Waals surface area contributed by atoms with Gasteiger partial charge in [-0.15, -0.1) is 0 Å². The fourth-order valence-electron chi connectivity index (χ4n) is 1.97. The van der Waals surface area contributed by atoms with Crippen molar-refractivity contribution in [3.8, 4) is 0 Å². The molecule has 0 amide bonds. The molecule has 0 bridgehead atoms. The molecule has 9 heteroatoms. The normalized spacial score (nSPS) is 13.3. The largest absolute Gasteiger partial charge is 0.468 e. The zero-order valence-electron chi connectivity index (χ0n) is 11.2. The lowest BCUT2D eigenvalue weighted by atomic mass is 10.1. The van der Waals surface area contributed by atoms with Gasteiger partial charge in [0.1, 0.15) is 7.85 Å². The van der Waals surface area contributed by atoms with Gasteiger partial charge in [-0.3, -0.25) is 4.79 Å². The van der Waals surface area contributed by atoms with Crippen molar-refractivity contribution in [3.05, 3.63) is 23.5 Å². The van der Waals surface area contributed by atoms with Crippen molar-refractivity contribution < 1.29 is 17.9 Å². The predicted molar refractivity (Wildman–Crippen MR) is 72.7 cm³/mol. The van der Waals surface area contributed by atoms with Crippen LogP contribution in [0.15, 0.2) is 12.3 Å². The fourth-order valence-corrected chi connectivity index (χ4v) is 3.05. The quantitative estimate of drug-likeness (QED) is 0.537. The first-order valence-corrected chi connectivity index (χ1v) is 7.58. The average molecular weight is 293 g/mol. The van der Waals surface area contributed by atoms with Crippen LogP contribution in [0.4, 0.5) is 0 Å². The molecule has 0 aliphatic heterocycles. The van der Waals surface area contributed by atoms with E-state index in [1.165, 1.54) is 16.8 Å². The molecule has 0 aromatic carbocycles. The van der Waals surface area contributed by atoms with Crippen molar-refractivity contribution in [1.29, 1.82) is 0 Å². The minimum absolute atomic E-state index is 0.198. The second-order valence-corrected chi connectivity index (χ2v) is 6.52. The van der Waals surface area contributed by atoms with Crippen LogP contribution >= 0.6 is 0 Å². The van der Waals surface area contributed by atoms with Gasteiger partial charge in [-0.2, -0.15) is 5.10 Å². The molecule has 1 unspecified atom stereocenters. The smallest absolute Gasteiger partial charge is 0.328 e. The number of carbonyl (C=O) groups excluding carboxylic acids is 1. The number of ether oxygens (including phenoxy) is 1. The Morgan fingerprint density at radius 2 is 2.15 bits per heavy atom. The van der Waals surface area contributed by atoms with E-state index in [0.717, 1.165) is 13.4 Å². The van der Waals surface area contributed by atoms with Crippen LogP contribution in [-0.2, 0) is 19.4 Å². The van der Waals surface area contributed by atoms with E-state index >= 15 is 0 Å². The number of nitrogens with zero attached hydrogens (tertiary/aromatic N) is 3. The molecule has 0 saturated heterocycles. The highest BCUT2D eigenvalue weighted by Crippen LogP contribution is 2.26. The third kappa shape index (κ3) is 2.40. The first-order valence-electron chi connectivity index (χ1n) is 5.63. The van der Waals surface area contributed by atoms with Crippen LogP contribution in [0.1, 0.15) is 16.5 Å². The summed E-state index contributed by atoms with van der Waals surface area (Å²) < 4.78 is 29.7. The lowest BCUT2D eigenvalue weighted by Crippen LogP contribution is -2.24. The van der Waals surface area contributed by atoms with E-state index in [1.54, 1.807) is 6.92 Å². The number of rotatable bonds is 3. The highest BCUT2D eigenvalue weighted by molar-refractivity contribution is 7.91. The number of aryl methyl sites for hydroxylation is 1. The third-order valence-corrected chi connectivity index (χ3v) is 4.07. The van der Waals surface area contributed by atoms with Gasteiger partial charge in [-0.25, -0.2) is 17.9 Å². The van der Waals surface area contributed by atoms with Gasteiger partial charge in [0, 0.05) is 23.6 Å². The van der Waals surface area contributed by atoms with Crippen LogP contribution in [0.2, 0.25) is 0 Å². The Bertz CT molecular complexity index is 784. The van der Waals surface area contributed by atoms with E-state index in [4.69, 9.17) is 7.85 Å². The molecule has 7 nitrogen and oxygen atoms in total. The highest BCUT2D eigenvalue weighted by atomic mass is 32.2. The van der Waals surface area contributed by atoms with E-state index in [1.807, 2.05) is 0 Å². The van der Waals surface area contributed by atoms with Gasteiger partial charge in [0.2, 0.25) is 0 Å². The standard InChI is InChI=1S/C11H12BN3O4S/c1-6-4-7(9(11(16)19-2)20(3,17)18)10-13-5-8(12)15(10)14-6/h4-5,9H,1-3H3. The maximum absolute atomic E-state index is 11.9. The van der Waals surface area contributed by atoms with Gasteiger partial charge in [0.05, 0.1) is 12.8 Å². The number of methoxy groups -OCH3 is 1. The van der Waals surface area contributed by atoms with Crippen LogP contribution in [0, 0.1) is 6.92 Å². The summed E-state index contributed by atoms with van der Waals surface area (Å²) in [4.78, 5) is 15.8. The molecule has 2 aromatic rings.